The van der Waals surface area contributed by atoms with E-state index >= 15 is 0 Å². The van der Waals surface area contributed by atoms with Crippen LogP contribution in [-0.2, 0) is 11.3 Å². The SMILES string of the molecule is Cc1ccc(CNC(=O)C2CCN(CC#N)CC2)cc1F. The minimum atomic E-state index is -0.244. The summed E-state index contributed by atoms with van der Waals surface area (Å²) in [6.07, 6.45) is 1.55. The van der Waals surface area contributed by atoms with E-state index < -0.39 is 0 Å². The average molecular weight is 289 g/mol. The van der Waals surface area contributed by atoms with Crippen molar-refractivity contribution in [2.45, 2.75) is 26.3 Å². The predicted molar refractivity (Wildman–Crippen MR) is 77.8 cm³/mol. The fourth-order valence-electron chi connectivity index (χ4n) is 2.53. The van der Waals surface area contributed by atoms with Crippen LogP contribution in [0.4, 0.5) is 4.39 Å². The monoisotopic (exact) mass is 289 g/mol. The number of hydrogen-bond acceptors (Lipinski definition) is 3. The second-order valence-electron chi connectivity index (χ2n) is 5.51. The molecule has 1 aliphatic rings. The first kappa shape index (κ1) is 15.5. The van der Waals surface area contributed by atoms with Crippen LogP contribution in [-0.4, -0.2) is 30.4 Å². The third-order valence-electron chi connectivity index (χ3n) is 3.96. The molecule has 0 aromatic heterocycles. The van der Waals surface area contributed by atoms with Gasteiger partial charge in [0.1, 0.15) is 5.82 Å². The normalized spacial score (nSPS) is 16.4. The van der Waals surface area contributed by atoms with Gasteiger partial charge in [-0.3, -0.25) is 9.69 Å². The third-order valence-corrected chi connectivity index (χ3v) is 3.96. The van der Waals surface area contributed by atoms with Gasteiger partial charge in [0.2, 0.25) is 5.91 Å². The van der Waals surface area contributed by atoms with E-state index in [1.807, 2.05) is 6.07 Å². The topological polar surface area (TPSA) is 56.1 Å². The number of hydrogen-bond donors (Lipinski definition) is 1. The van der Waals surface area contributed by atoms with E-state index in [0.29, 0.717) is 18.7 Å². The van der Waals surface area contributed by atoms with Gasteiger partial charge in [-0.25, -0.2) is 4.39 Å². The molecule has 2 rings (SSSR count). The van der Waals surface area contributed by atoms with Crippen molar-refractivity contribution in [3.05, 3.63) is 35.1 Å². The quantitative estimate of drug-likeness (QED) is 0.862. The Hall–Kier alpha value is -1.93. The highest BCUT2D eigenvalue weighted by Gasteiger charge is 2.24. The maximum atomic E-state index is 13.4. The smallest absolute Gasteiger partial charge is 0.223 e. The number of aryl methyl sites for hydroxylation is 1. The lowest BCUT2D eigenvalue weighted by Gasteiger charge is -2.29. The number of nitrogens with zero attached hydrogens (tertiary/aromatic N) is 2. The number of carbonyl (C=O) groups is 1. The Labute approximate surface area is 124 Å². The molecule has 1 saturated heterocycles. The molecule has 0 radical (unpaired) electrons. The summed E-state index contributed by atoms with van der Waals surface area (Å²) >= 11 is 0. The third kappa shape index (κ3) is 4.27. The van der Waals surface area contributed by atoms with Crippen LogP contribution >= 0.6 is 0 Å². The van der Waals surface area contributed by atoms with Crippen molar-refractivity contribution >= 4 is 5.91 Å². The molecule has 0 bridgehead atoms. The molecule has 1 aliphatic heterocycles. The van der Waals surface area contributed by atoms with Crippen LogP contribution in [0, 0.1) is 30.0 Å². The zero-order valence-corrected chi connectivity index (χ0v) is 12.2. The van der Waals surface area contributed by atoms with Crippen LogP contribution in [0.15, 0.2) is 18.2 Å². The highest BCUT2D eigenvalue weighted by Crippen LogP contribution is 2.17. The molecule has 0 aliphatic carbocycles. The maximum absolute atomic E-state index is 13.4. The van der Waals surface area contributed by atoms with E-state index in [9.17, 15) is 9.18 Å². The Morgan fingerprint density at radius 3 is 2.81 bits per heavy atom. The van der Waals surface area contributed by atoms with E-state index in [4.69, 9.17) is 5.26 Å². The van der Waals surface area contributed by atoms with Crippen molar-refractivity contribution in [2.24, 2.45) is 5.92 Å². The predicted octanol–water partition coefficient (Wildman–Crippen LogP) is 1.99. The zero-order valence-electron chi connectivity index (χ0n) is 12.2. The number of carbonyl (C=O) groups excluding carboxylic acids is 1. The van der Waals surface area contributed by atoms with Crippen molar-refractivity contribution in [1.82, 2.24) is 10.2 Å². The fraction of sp³-hybridized carbons (Fsp3) is 0.500. The van der Waals surface area contributed by atoms with E-state index in [1.54, 1.807) is 13.0 Å². The largest absolute Gasteiger partial charge is 0.352 e. The summed E-state index contributed by atoms with van der Waals surface area (Å²) in [6.45, 7) is 4.06. The van der Waals surface area contributed by atoms with E-state index in [1.165, 1.54) is 6.07 Å². The molecule has 1 aromatic carbocycles. The number of likely N-dealkylation sites (tertiary alicyclic amines) is 1. The van der Waals surface area contributed by atoms with Crippen LogP contribution in [0.1, 0.15) is 24.0 Å². The van der Waals surface area contributed by atoms with Crippen molar-refractivity contribution in [3.63, 3.8) is 0 Å². The van der Waals surface area contributed by atoms with E-state index in [0.717, 1.165) is 31.5 Å². The van der Waals surface area contributed by atoms with Crippen LogP contribution in [0.2, 0.25) is 0 Å². The van der Waals surface area contributed by atoms with Crippen LogP contribution in [0.25, 0.3) is 0 Å². The van der Waals surface area contributed by atoms with Gasteiger partial charge in [-0.2, -0.15) is 5.26 Å². The highest BCUT2D eigenvalue weighted by atomic mass is 19.1. The summed E-state index contributed by atoms with van der Waals surface area (Å²) in [7, 11) is 0. The first-order valence-electron chi connectivity index (χ1n) is 7.22. The Morgan fingerprint density at radius 1 is 1.48 bits per heavy atom. The van der Waals surface area contributed by atoms with Gasteiger partial charge in [0.25, 0.3) is 0 Å². The average Bonchev–Trinajstić information content (AvgIpc) is 2.49. The lowest BCUT2D eigenvalue weighted by molar-refractivity contribution is -0.126. The van der Waals surface area contributed by atoms with Crippen LogP contribution < -0.4 is 5.32 Å². The molecule has 1 aromatic rings. The number of piperidine rings is 1. The van der Waals surface area contributed by atoms with Crippen LogP contribution in [0.3, 0.4) is 0 Å². The highest BCUT2D eigenvalue weighted by molar-refractivity contribution is 5.78. The van der Waals surface area contributed by atoms with E-state index in [-0.39, 0.29) is 17.6 Å². The lowest BCUT2D eigenvalue weighted by Crippen LogP contribution is -2.40. The Balaban J connectivity index is 1.80. The van der Waals surface area contributed by atoms with Gasteiger partial charge in [0.05, 0.1) is 12.6 Å². The fourth-order valence-corrected chi connectivity index (χ4v) is 2.53. The van der Waals surface area contributed by atoms with Crippen molar-refractivity contribution in [3.8, 4) is 6.07 Å². The van der Waals surface area contributed by atoms with Crippen molar-refractivity contribution in [1.29, 1.82) is 5.26 Å². The maximum Gasteiger partial charge on any atom is 0.223 e. The number of benzene rings is 1. The lowest BCUT2D eigenvalue weighted by atomic mass is 9.96. The van der Waals surface area contributed by atoms with Gasteiger partial charge in [0, 0.05) is 12.5 Å². The Kier molecular flexibility index (Phi) is 5.29. The van der Waals surface area contributed by atoms with Gasteiger partial charge in [0.15, 0.2) is 0 Å². The molecular weight excluding hydrogens is 269 g/mol. The summed E-state index contributed by atoms with van der Waals surface area (Å²) in [5.74, 6) is -0.227. The molecule has 1 fully saturated rings. The number of amides is 1. The van der Waals surface area contributed by atoms with Gasteiger partial charge in [-0.1, -0.05) is 12.1 Å². The summed E-state index contributed by atoms with van der Waals surface area (Å²) in [5, 5.41) is 11.5. The molecule has 4 nitrogen and oxygen atoms in total. The molecule has 0 atom stereocenters. The van der Waals surface area contributed by atoms with Gasteiger partial charge < -0.3 is 5.32 Å². The summed E-state index contributed by atoms with van der Waals surface area (Å²) in [6, 6.07) is 7.14. The van der Waals surface area contributed by atoms with E-state index in [2.05, 4.69) is 16.3 Å². The second-order valence-corrected chi connectivity index (χ2v) is 5.51. The molecule has 0 spiro atoms. The number of nitrogens with one attached hydrogen (secondary N) is 1. The molecule has 0 unspecified atom stereocenters. The van der Waals surface area contributed by atoms with Crippen molar-refractivity contribution < 1.29 is 9.18 Å². The second kappa shape index (κ2) is 7.19. The minimum absolute atomic E-state index is 0.00441. The first-order chi connectivity index (χ1) is 10.1. The van der Waals surface area contributed by atoms with Gasteiger partial charge in [-0.05, 0) is 50.0 Å². The standard InChI is InChI=1S/C16H20FN3O/c1-12-2-3-13(10-15(12)17)11-19-16(21)14-4-7-20(8-5-14)9-6-18/h2-3,10,14H,4-5,7-9,11H2,1H3,(H,19,21). The molecule has 112 valence electrons. The Morgan fingerprint density at radius 2 is 2.19 bits per heavy atom. The van der Waals surface area contributed by atoms with Crippen molar-refractivity contribution in [2.75, 3.05) is 19.6 Å². The molecule has 1 amide bonds. The Bertz CT molecular complexity index is 545. The molecule has 0 saturated carbocycles. The number of halogens is 1. The molecule has 1 heterocycles. The molecule has 21 heavy (non-hydrogen) atoms. The summed E-state index contributed by atoms with van der Waals surface area (Å²) in [5.41, 5.74) is 1.38. The first-order valence-corrected chi connectivity index (χ1v) is 7.22. The van der Waals surface area contributed by atoms with Gasteiger partial charge >= 0.3 is 0 Å². The van der Waals surface area contributed by atoms with Crippen LogP contribution in [0.5, 0.6) is 0 Å². The molecule has 1 N–H and O–H groups in total. The van der Waals surface area contributed by atoms with Gasteiger partial charge in [-0.15, -0.1) is 0 Å². The number of rotatable bonds is 4. The number of nitriles is 1. The minimum Gasteiger partial charge on any atom is -0.352 e. The summed E-state index contributed by atoms with van der Waals surface area (Å²) < 4.78 is 13.4. The summed E-state index contributed by atoms with van der Waals surface area (Å²) in [4.78, 5) is 14.2. The zero-order chi connectivity index (χ0) is 15.2. The molecular formula is C16H20FN3O. The molecule has 5 heteroatoms.